The average Bonchev–Trinajstić information content (AvgIpc) is 2.56. The van der Waals surface area contributed by atoms with E-state index >= 15 is 0 Å². The van der Waals surface area contributed by atoms with Gasteiger partial charge in [0.2, 0.25) is 0 Å². The van der Waals surface area contributed by atoms with Crippen molar-refractivity contribution in [1.82, 2.24) is 4.57 Å². The molecule has 0 bridgehead atoms. The quantitative estimate of drug-likeness (QED) is 0.448. The summed E-state index contributed by atoms with van der Waals surface area (Å²) in [5.41, 5.74) is 2.81. The molecule has 1 heterocycles. The molecule has 0 amide bonds. The molecule has 0 aliphatic heterocycles. The molecule has 0 spiro atoms. The molecule has 0 saturated heterocycles. The molecule has 0 atom stereocenters. The normalized spacial score (nSPS) is 9.75. The molecule has 3 heteroatoms. The maximum absolute atomic E-state index is 11.6. The summed E-state index contributed by atoms with van der Waals surface area (Å²) < 4.78 is 2.12. The van der Waals surface area contributed by atoms with Crippen LogP contribution in [0, 0.1) is 25.7 Å². The van der Waals surface area contributed by atoms with E-state index in [0.29, 0.717) is 0 Å². The molecule has 86 valence electrons. The van der Waals surface area contributed by atoms with Crippen LogP contribution in [0.4, 0.5) is 0 Å². The van der Waals surface area contributed by atoms with Crippen LogP contribution in [0.1, 0.15) is 35.1 Å². The fourth-order valence-electron chi connectivity index (χ4n) is 1.79. The van der Waals surface area contributed by atoms with Gasteiger partial charge in [-0.3, -0.25) is 4.79 Å². The Morgan fingerprint density at radius 2 is 2.19 bits per heavy atom. The van der Waals surface area contributed by atoms with Gasteiger partial charge in [0.25, 0.3) is 0 Å². The molecule has 0 unspecified atom stereocenters. The largest absolute Gasteiger partial charge is 0.347 e. The minimum absolute atomic E-state index is 0.0115. The molecular weight excluding hydrogens is 222 g/mol. The van der Waals surface area contributed by atoms with E-state index in [1.165, 1.54) is 0 Å². The van der Waals surface area contributed by atoms with Crippen molar-refractivity contribution in [2.24, 2.45) is 0 Å². The van der Waals surface area contributed by atoms with E-state index in [4.69, 9.17) is 11.6 Å². The van der Waals surface area contributed by atoms with Gasteiger partial charge in [-0.2, -0.15) is 0 Å². The molecule has 1 aromatic heterocycles. The number of ketones is 1. The summed E-state index contributed by atoms with van der Waals surface area (Å²) >= 11 is 5.57. The zero-order valence-corrected chi connectivity index (χ0v) is 10.7. The summed E-state index contributed by atoms with van der Waals surface area (Å²) in [5, 5.41) is 0. The van der Waals surface area contributed by atoms with Gasteiger partial charge in [-0.15, -0.1) is 23.4 Å². The van der Waals surface area contributed by atoms with E-state index in [1.54, 1.807) is 0 Å². The number of hydrogen-bond donors (Lipinski definition) is 0. The van der Waals surface area contributed by atoms with Gasteiger partial charge < -0.3 is 4.57 Å². The van der Waals surface area contributed by atoms with Crippen molar-refractivity contribution in [2.45, 2.75) is 33.7 Å². The first-order valence-electron chi connectivity index (χ1n) is 5.27. The lowest BCUT2D eigenvalue weighted by Gasteiger charge is -2.06. The smallest absolute Gasteiger partial charge is 0.179 e. The molecule has 0 aliphatic rings. The van der Waals surface area contributed by atoms with Crippen LogP contribution in [-0.2, 0) is 6.54 Å². The summed E-state index contributed by atoms with van der Waals surface area (Å²) in [5.74, 6) is 5.92. The highest BCUT2D eigenvalue weighted by atomic mass is 35.5. The molecule has 0 fully saturated rings. The number of rotatable bonds is 4. The Balaban J connectivity index is 2.96. The van der Waals surface area contributed by atoms with Gasteiger partial charge in [0.05, 0.1) is 5.88 Å². The number of carbonyl (C=O) groups excluding carboxylic acids is 1. The molecule has 1 rings (SSSR count). The van der Waals surface area contributed by atoms with Gasteiger partial charge in [-0.25, -0.2) is 0 Å². The number of aryl methyl sites for hydroxylation is 1. The first-order valence-corrected chi connectivity index (χ1v) is 5.80. The Kier molecular flexibility index (Phi) is 4.64. The van der Waals surface area contributed by atoms with Crippen molar-refractivity contribution in [2.75, 3.05) is 5.88 Å². The van der Waals surface area contributed by atoms with E-state index in [0.717, 1.165) is 29.9 Å². The average molecular weight is 238 g/mol. The summed E-state index contributed by atoms with van der Waals surface area (Å²) in [6, 6.07) is 1.90. The lowest BCUT2D eigenvalue weighted by molar-refractivity contribution is 0.102. The van der Waals surface area contributed by atoms with Gasteiger partial charge in [0, 0.05) is 29.9 Å². The number of aromatic nitrogens is 1. The first kappa shape index (κ1) is 12.9. The highest BCUT2D eigenvalue weighted by Gasteiger charge is 2.13. The van der Waals surface area contributed by atoms with Gasteiger partial charge in [0.15, 0.2) is 5.78 Å². The summed E-state index contributed by atoms with van der Waals surface area (Å²) in [6.45, 7) is 6.61. The second-order valence-corrected chi connectivity index (χ2v) is 3.94. The highest BCUT2D eigenvalue weighted by molar-refractivity contribution is 6.30. The van der Waals surface area contributed by atoms with Crippen LogP contribution in [0.2, 0.25) is 0 Å². The van der Waals surface area contributed by atoms with Crippen LogP contribution in [0.5, 0.6) is 0 Å². The fourth-order valence-corrected chi connectivity index (χ4v) is 1.94. The zero-order valence-electron chi connectivity index (χ0n) is 9.93. The number of hydrogen-bond acceptors (Lipinski definition) is 1. The highest BCUT2D eigenvalue weighted by Crippen LogP contribution is 2.16. The standard InChI is InChI=1S/C13H16ClNO/c1-4-5-6-7-15-10(2)8-12(11(15)3)13(16)9-14/h8H,6-7,9H2,1-3H3. The molecule has 0 saturated carbocycles. The summed E-state index contributed by atoms with van der Waals surface area (Å²) in [7, 11) is 0. The van der Waals surface area contributed by atoms with E-state index < -0.39 is 0 Å². The van der Waals surface area contributed by atoms with Crippen LogP contribution in [0.15, 0.2) is 6.07 Å². The third-order valence-electron chi connectivity index (χ3n) is 2.63. The van der Waals surface area contributed by atoms with Crippen molar-refractivity contribution in [3.63, 3.8) is 0 Å². The number of nitrogens with zero attached hydrogens (tertiary/aromatic N) is 1. The second kappa shape index (κ2) is 5.77. The Morgan fingerprint density at radius 1 is 1.50 bits per heavy atom. The Morgan fingerprint density at radius 3 is 2.75 bits per heavy atom. The van der Waals surface area contributed by atoms with Crippen LogP contribution in [0.3, 0.4) is 0 Å². The lowest BCUT2D eigenvalue weighted by Crippen LogP contribution is -2.05. The monoisotopic (exact) mass is 237 g/mol. The number of alkyl halides is 1. The van der Waals surface area contributed by atoms with Gasteiger partial charge >= 0.3 is 0 Å². The van der Waals surface area contributed by atoms with Crippen molar-refractivity contribution >= 4 is 17.4 Å². The summed E-state index contributed by atoms with van der Waals surface area (Å²) in [6.07, 6.45) is 0.807. The van der Waals surface area contributed by atoms with Crippen LogP contribution in [0.25, 0.3) is 0 Å². The predicted octanol–water partition coefficient (Wildman–Crippen LogP) is 2.94. The van der Waals surface area contributed by atoms with E-state index in [2.05, 4.69) is 16.4 Å². The molecule has 1 aromatic rings. The molecule has 0 aliphatic carbocycles. The number of Topliss-reactive ketones (excluding diaryl/α,β-unsaturated/α-hetero) is 1. The van der Waals surface area contributed by atoms with E-state index in [-0.39, 0.29) is 11.7 Å². The molecule has 0 N–H and O–H groups in total. The molecule has 0 aromatic carbocycles. The van der Waals surface area contributed by atoms with Gasteiger partial charge in [-0.05, 0) is 26.8 Å². The van der Waals surface area contributed by atoms with Gasteiger partial charge in [-0.1, -0.05) is 0 Å². The maximum atomic E-state index is 11.6. The lowest BCUT2D eigenvalue weighted by atomic mass is 10.2. The molecule has 2 nitrogen and oxygen atoms in total. The molecule has 0 radical (unpaired) electrons. The molecule has 16 heavy (non-hydrogen) atoms. The van der Waals surface area contributed by atoms with Crippen LogP contribution in [-0.4, -0.2) is 16.2 Å². The third kappa shape index (κ3) is 2.68. The fraction of sp³-hybridized carbons (Fsp3) is 0.462. The van der Waals surface area contributed by atoms with Crippen molar-refractivity contribution in [3.8, 4) is 11.8 Å². The summed E-state index contributed by atoms with van der Waals surface area (Å²) in [4.78, 5) is 11.6. The third-order valence-corrected chi connectivity index (χ3v) is 2.88. The predicted molar refractivity (Wildman–Crippen MR) is 67.0 cm³/mol. The minimum atomic E-state index is -0.0115. The van der Waals surface area contributed by atoms with Gasteiger partial charge in [0.1, 0.15) is 0 Å². The molecular formula is C13H16ClNO. The second-order valence-electron chi connectivity index (χ2n) is 3.67. The van der Waals surface area contributed by atoms with Crippen molar-refractivity contribution in [3.05, 3.63) is 23.0 Å². The minimum Gasteiger partial charge on any atom is -0.347 e. The topological polar surface area (TPSA) is 22.0 Å². The SMILES string of the molecule is CC#CCCn1c(C)cc(C(=O)CCl)c1C. The van der Waals surface area contributed by atoms with E-state index in [1.807, 2.05) is 26.8 Å². The van der Waals surface area contributed by atoms with Crippen LogP contribution < -0.4 is 0 Å². The number of carbonyl (C=O) groups is 1. The first-order chi connectivity index (χ1) is 7.61. The Labute approximate surface area is 102 Å². The Hall–Kier alpha value is -1.20. The van der Waals surface area contributed by atoms with Crippen LogP contribution >= 0.6 is 11.6 Å². The maximum Gasteiger partial charge on any atom is 0.179 e. The van der Waals surface area contributed by atoms with Crippen molar-refractivity contribution in [1.29, 1.82) is 0 Å². The number of halogens is 1. The van der Waals surface area contributed by atoms with Crippen molar-refractivity contribution < 1.29 is 4.79 Å². The Bertz CT molecular complexity index is 448. The van der Waals surface area contributed by atoms with E-state index in [9.17, 15) is 4.79 Å². The zero-order chi connectivity index (χ0) is 12.1.